The summed E-state index contributed by atoms with van der Waals surface area (Å²) < 4.78 is 23.7. The lowest BCUT2D eigenvalue weighted by atomic mass is 10.2. The molecule has 1 aromatic heterocycles. The lowest BCUT2D eigenvalue weighted by Gasteiger charge is -2.35. The Morgan fingerprint density at radius 1 is 1.50 bits per heavy atom. The van der Waals surface area contributed by atoms with Gasteiger partial charge in [0.05, 0.1) is 11.3 Å². The van der Waals surface area contributed by atoms with Gasteiger partial charge in [0, 0.05) is 24.3 Å². The Bertz CT molecular complexity index is 630. The molecule has 20 heavy (non-hydrogen) atoms. The number of anilines is 1. The Morgan fingerprint density at radius 3 is 2.75 bits per heavy atom. The maximum Gasteiger partial charge on any atom is 0.337 e. The van der Waals surface area contributed by atoms with Gasteiger partial charge in [-0.05, 0) is 19.1 Å². The first-order valence-corrected chi connectivity index (χ1v) is 9.16. The fourth-order valence-corrected chi connectivity index (χ4v) is 4.96. The van der Waals surface area contributed by atoms with Gasteiger partial charge < -0.3 is 10.0 Å². The fourth-order valence-electron chi connectivity index (χ4n) is 2.13. The van der Waals surface area contributed by atoms with E-state index in [4.69, 9.17) is 5.11 Å². The molecule has 0 radical (unpaired) electrons. The first-order valence-electron chi connectivity index (χ1n) is 6.05. The van der Waals surface area contributed by atoms with E-state index in [0.29, 0.717) is 23.8 Å². The average molecular weight is 316 g/mol. The first kappa shape index (κ1) is 15.1. The number of aromatic carboxylic acids is 1. The number of aryl methyl sites for hydroxylation is 1. The molecule has 1 fully saturated rings. The molecule has 1 atom stereocenters. The number of hydrogen-bond donors (Lipinski definition) is 1. The number of aromatic nitrogens is 1. The molecule has 1 aliphatic heterocycles. The molecule has 0 aliphatic carbocycles. The van der Waals surface area contributed by atoms with E-state index in [1.54, 1.807) is 29.7 Å². The van der Waals surface area contributed by atoms with Crippen LogP contribution in [0.5, 0.6) is 0 Å². The molecule has 110 valence electrons. The smallest absolute Gasteiger partial charge is 0.337 e. The normalized spacial score (nSPS) is 19.9. The van der Waals surface area contributed by atoms with Gasteiger partial charge in [-0.1, -0.05) is 0 Å². The Labute approximate surface area is 122 Å². The summed E-state index contributed by atoms with van der Waals surface area (Å²) in [5.41, 5.74) is 0.525. The van der Waals surface area contributed by atoms with E-state index in [-0.39, 0.29) is 5.56 Å². The van der Waals surface area contributed by atoms with E-state index in [9.17, 15) is 13.2 Å². The van der Waals surface area contributed by atoms with Crippen LogP contribution in [0.25, 0.3) is 0 Å². The predicted molar refractivity (Wildman–Crippen MR) is 79.2 cm³/mol. The quantitative estimate of drug-likeness (QED) is 0.890. The lowest BCUT2D eigenvalue weighted by Crippen LogP contribution is -2.47. The van der Waals surface area contributed by atoms with Crippen molar-refractivity contribution in [3.8, 4) is 0 Å². The highest BCUT2D eigenvalue weighted by molar-refractivity contribution is 8.01. The van der Waals surface area contributed by atoms with Crippen LogP contribution in [0.2, 0.25) is 0 Å². The van der Waals surface area contributed by atoms with Gasteiger partial charge in [-0.15, -0.1) is 0 Å². The van der Waals surface area contributed by atoms with E-state index in [1.165, 1.54) is 12.3 Å². The SMILES string of the molecule is Cc1nc(N2CCSCC2S(C)(=O)=O)ccc1C(=O)O. The molecular weight excluding hydrogens is 300 g/mol. The van der Waals surface area contributed by atoms with E-state index in [0.717, 1.165) is 5.75 Å². The van der Waals surface area contributed by atoms with Crippen LogP contribution < -0.4 is 4.90 Å². The maximum absolute atomic E-state index is 11.9. The molecule has 1 saturated heterocycles. The predicted octanol–water partition coefficient (Wildman–Crippen LogP) is 1.01. The Morgan fingerprint density at radius 2 is 2.20 bits per heavy atom. The second-order valence-electron chi connectivity index (χ2n) is 4.66. The second-order valence-corrected chi connectivity index (χ2v) is 8.01. The van der Waals surface area contributed by atoms with E-state index < -0.39 is 21.2 Å². The third-order valence-corrected chi connectivity index (χ3v) is 5.82. The van der Waals surface area contributed by atoms with Crippen LogP contribution in [0.3, 0.4) is 0 Å². The fraction of sp³-hybridized carbons (Fsp3) is 0.500. The molecule has 1 aromatic rings. The van der Waals surface area contributed by atoms with Crippen LogP contribution >= 0.6 is 11.8 Å². The molecule has 0 spiro atoms. The third kappa shape index (κ3) is 3.06. The number of carboxylic acids is 1. The number of sulfone groups is 1. The molecule has 0 aromatic carbocycles. The van der Waals surface area contributed by atoms with Gasteiger partial charge in [-0.25, -0.2) is 18.2 Å². The number of rotatable bonds is 3. The number of thioether (sulfide) groups is 1. The van der Waals surface area contributed by atoms with Crippen molar-refractivity contribution in [1.29, 1.82) is 0 Å². The number of carboxylic acid groups (broad SMARTS) is 1. The number of nitrogens with zero attached hydrogens (tertiary/aromatic N) is 2. The molecule has 2 rings (SSSR count). The summed E-state index contributed by atoms with van der Waals surface area (Å²) in [6.45, 7) is 2.20. The highest BCUT2D eigenvalue weighted by Crippen LogP contribution is 2.26. The van der Waals surface area contributed by atoms with Gasteiger partial charge in [0.1, 0.15) is 11.2 Å². The standard InChI is InChI=1S/C12H16N2O4S2/c1-8-9(12(15)16)3-4-10(13-8)14-5-6-19-7-11(14)20(2,17)18/h3-4,11H,5-7H2,1-2H3,(H,15,16). The Hall–Kier alpha value is -1.28. The summed E-state index contributed by atoms with van der Waals surface area (Å²) in [6.07, 6.45) is 1.22. The van der Waals surface area contributed by atoms with Gasteiger partial charge >= 0.3 is 5.97 Å². The van der Waals surface area contributed by atoms with Crippen molar-refractivity contribution in [3.05, 3.63) is 23.4 Å². The third-order valence-electron chi connectivity index (χ3n) is 3.17. The summed E-state index contributed by atoms with van der Waals surface area (Å²) in [5.74, 6) is 0.812. The van der Waals surface area contributed by atoms with Gasteiger partial charge in [-0.3, -0.25) is 0 Å². The van der Waals surface area contributed by atoms with Crippen LogP contribution in [-0.4, -0.2) is 54.2 Å². The van der Waals surface area contributed by atoms with Gasteiger partial charge in [-0.2, -0.15) is 11.8 Å². The zero-order valence-corrected chi connectivity index (χ0v) is 12.9. The number of hydrogen-bond acceptors (Lipinski definition) is 6. The van der Waals surface area contributed by atoms with Gasteiger partial charge in [0.25, 0.3) is 0 Å². The summed E-state index contributed by atoms with van der Waals surface area (Å²) in [6, 6.07) is 3.05. The number of carbonyl (C=O) groups is 1. The molecule has 1 unspecified atom stereocenters. The largest absolute Gasteiger partial charge is 0.478 e. The summed E-state index contributed by atoms with van der Waals surface area (Å²) >= 11 is 1.60. The monoisotopic (exact) mass is 316 g/mol. The van der Waals surface area contributed by atoms with Crippen molar-refractivity contribution in [2.75, 3.05) is 29.2 Å². The highest BCUT2D eigenvalue weighted by atomic mass is 32.2. The molecule has 8 heteroatoms. The van der Waals surface area contributed by atoms with Gasteiger partial charge in [0.2, 0.25) is 0 Å². The maximum atomic E-state index is 11.9. The molecule has 0 bridgehead atoms. The van der Waals surface area contributed by atoms with Crippen LogP contribution in [0.1, 0.15) is 16.1 Å². The average Bonchev–Trinajstić information content (AvgIpc) is 2.37. The molecule has 6 nitrogen and oxygen atoms in total. The summed E-state index contributed by atoms with van der Waals surface area (Å²) in [5, 5.41) is 8.39. The minimum absolute atomic E-state index is 0.135. The zero-order chi connectivity index (χ0) is 14.9. The van der Waals surface area contributed by atoms with Crippen molar-refractivity contribution >= 4 is 33.4 Å². The number of pyridine rings is 1. The Kier molecular flexibility index (Phi) is 4.24. The molecule has 0 saturated carbocycles. The Balaban J connectivity index is 2.38. The van der Waals surface area contributed by atoms with Gasteiger partial charge in [0.15, 0.2) is 9.84 Å². The lowest BCUT2D eigenvalue weighted by molar-refractivity contribution is 0.0695. The van der Waals surface area contributed by atoms with Crippen molar-refractivity contribution in [2.45, 2.75) is 12.3 Å². The minimum atomic E-state index is -3.21. The highest BCUT2D eigenvalue weighted by Gasteiger charge is 2.32. The summed E-state index contributed by atoms with van der Waals surface area (Å²) in [7, 11) is -3.21. The van der Waals surface area contributed by atoms with Crippen LogP contribution in [0, 0.1) is 6.92 Å². The van der Waals surface area contributed by atoms with Crippen molar-refractivity contribution in [3.63, 3.8) is 0 Å². The molecule has 2 heterocycles. The van der Waals surface area contributed by atoms with Crippen molar-refractivity contribution in [2.24, 2.45) is 0 Å². The van der Waals surface area contributed by atoms with Crippen molar-refractivity contribution < 1.29 is 18.3 Å². The molecular formula is C12H16N2O4S2. The van der Waals surface area contributed by atoms with E-state index in [2.05, 4.69) is 4.98 Å². The molecule has 0 amide bonds. The van der Waals surface area contributed by atoms with Crippen LogP contribution in [-0.2, 0) is 9.84 Å². The second kappa shape index (κ2) is 5.61. The van der Waals surface area contributed by atoms with Crippen LogP contribution in [0.4, 0.5) is 5.82 Å². The zero-order valence-electron chi connectivity index (χ0n) is 11.2. The van der Waals surface area contributed by atoms with Crippen molar-refractivity contribution in [1.82, 2.24) is 4.98 Å². The molecule has 1 aliphatic rings. The van der Waals surface area contributed by atoms with E-state index >= 15 is 0 Å². The topological polar surface area (TPSA) is 87.6 Å². The summed E-state index contributed by atoms with van der Waals surface area (Å²) in [4.78, 5) is 17.0. The van der Waals surface area contributed by atoms with Crippen LogP contribution in [0.15, 0.2) is 12.1 Å². The van der Waals surface area contributed by atoms with E-state index in [1.807, 2.05) is 0 Å². The first-order chi connectivity index (χ1) is 9.30. The minimum Gasteiger partial charge on any atom is -0.478 e. The molecule has 1 N–H and O–H groups in total.